The average molecular weight is 403 g/mol. The highest BCUT2D eigenvalue weighted by molar-refractivity contribution is 5.45. The van der Waals surface area contributed by atoms with Crippen LogP contribution in [0.5, 0.6) is 5.75 Å². The lowest BCUT2D eigenvalue weighted by molar-refractivity contribution is 0.455. The Hall–Kier alpha value is -0.980. The van der Waals surface area contributed by atoms with E-state index >= 15 is 0 Å². The third-order valence-corrected chi connectivity index (χ3v) is 6.75. The molecule has 1 aromatic rings. The molecule has 0 saturated heterocycles. The fraction of sp³-hybridized carbons (Fsp3) is 0.786. The van der Waals surface area contributed by atoms with Crippen molar-refractivity contribution in [3.8, 4) is 5.75 Å². The second-order valence-electron chi connectivity index (χ2n) is 9.43. The third kappa shape index (κ3) is 11.7. The Bertz CT molecular complexity index is 519. The fourth-order valence-corrected chi connectivity index (χ4v) is 4.59. The Balaban J connectivity index is 1.92. The highest BCUT2D eigenvalue weighted by atomic mass is 16.3. The van der Waals surface area contributed by atoms with Gasteiger partial charge in [0.15, 0.2) is 0 Å². The van der Waals surface area contributed by atoms with Crippen molar-refractivity contribution in [1.29, 1.82) is 0 Å². The molecule has 0 aliphatic rings. The molecule has 1 nitrogen and oxygen atoms in total. The van der Waals surface area contributed by atoms with Gasteiger partial charge < -0.3 is 5.11 Å². The van der Waals surface area contributed by atoms with Gasteiger partial charge in [-0.05, 0) is 48.9 Å². The molecular formula is C28H50O. The van der Waals surface area contributed by atoms with Crippen LogP contribution in [0.25, 0.3) is 0 Å². The highest BCUT2D eigenvalue weighted by Gasteiger charge is 2.14. The highest BCUT2D eigenvalue weighted by Crippen LogP contribution is 2.33. The molecule has 0 amide bonds. The lowest BCUT2D eigenvalue weighted by atomic mass is 9.89. The largest absolute Gasteiger partial charge is 0.508 e. The lowest BCUT2D eigenvalue weighted by Gasteiger charge is -2.18. The van der Waals surface area contributed by atoms with Crippen LogP contribution in [0.3, 0.4) is 0 Å². The average Bonchev–Trinajstić information content (AvgIpc) is 2.70. The number of rotatable bonds is 18. The normalized spacial score (nSPS) is 12.4. The van der Waals surface area contributed by atoms with Crippen LogP contribution in [0.15, 0.2) is 12.1 Å². The van der Waals surface area contributed by atoms with Crippen LogP contribution in [-0.4, -0.2) is 5.11 Å². The Kier molecular flexibility index (Phi) is 15.1. The summed E-state index contributed by atoms with van der Waals surface area (Å²) in [5.74, 6) is 0.943. The molecule has 1 N–H and O–H groups in total. The zero-order valence-corrected chi connectivity index (χ0v) is 20.2. The summed E-state index contributed by atoms with van der Waals surface area (Å²) in [4.78, 5) is 0. The van der Waals surface area contributed by atoms with Crippen molar-refractivity contribution in [2.45, 2.75) is 143 Å². The molecule has 0 aliphatic carbocycles. The number of phenolic OH excluding ortho intramolecular Hbond substituents is 1. The van der Waals surface area contributed by atoms with Gasteiger partial charge in [-0.1, -0.05) is 123 Å². The number of benzene rings is 1. The van der Waals surface area contributed by atoms with E-state index in [0.717, 1.165) is 0 Å². The van der Waals surface area contributed by atoms with E-state index in [1.165, 1.54) is 126 Å². The van der Waals surface area contributed by atoms with Gasteiger partial charge in [-0.3, -0.25) is 0 Å². The van der Waals surface area contributed by atoms with Crippen LogP contribution < -0.4 is 0 Å². The van der Waals surface area contributed by atoms with Gasteiger partial charge in [0.1, 0.15) is 5.75 Å². The Morgan fingerprint density at radius 3 is 1.52 bits per heavy atom. The van der Waals surface area contributed by atoms with Crippen LogP contribution in [-0.2, 0) is 0 Å². The number of phenols is 1. The van der Waals surface area contributed by atoms with E-state index in [9.17, 15) is 5.11 Å². The van der Waals surface area contributed by atoms with Crippen molar-refractivity contribution in [3.63, 3.8) is 0 Å². The van der Waals surface area contributed by atoms with E-state index in [2.05, 4.69) is 27.7 Å². The Labute approximate surface area is 182 Å². The molecule has 0 heterocycles. The number of unbranched alkanes of at least 4 members (excludes halogenated alkanes) is 15. The van der Waals surface area contributed by atoms with E-state index < -0.39 is 0 Å². The molecule has 1 heteroatoms. The van der Waals surface area contributed by atoms with Crippen LogP contribution >= 0.6 is 0 Å². The van der Waals surface area contributed by atoms with Crippen molar-refractivity contribution in [2.24, 2.45) is 0 Å². The summed E-state index contributed by atoms with van der Waals surface area (Å²) < 4.78 is 0. The summed E-state index contributed by atoms with van der Waals surface area (Å²) in [5.41, 5.74) is 3.73. The van der Waals surface area contributed by atoms with Gasteiger partial charge in [-0.15, -0.1) is 0 Å². The van der Waals surface area contributed by atoms with Gasteiger partial charge in [0.25, 0.3) is 0 Å². The first-order valence-electron chi connectivity index (χ1n) is 12.9. The smallest absolute Gasteiger partial charge is 0.119 e. The number of hydrogen-bond acceptors (Lipinski definition) is 1. The first kappa shape index (κ1) is 26.1. The van der Waals surface area contributed by atoms with E-state index in [1.807, 2.05) is 12.1 Å². The molecule has 1 aromatic carbocycles. The standard InChI is InChI=1S/C28H50O/c1-5-6-7-8-9-10-11-12-13-14-15-16-17-18-19-20-21-25(3)28-26(4)24(2)22-23-27(28)29/h22-23,25,29H,5-21H2,1-4H3. The quantitative estimate of drug-likeness (QED) is 0.242. The van der Waals surface area contributed by atoms with E-state index in [4.69, 9.17) is 0 Å². The molecular weight excluding hydrogens is 352 g/mol. The molecule has 168 valence electrons. The SMILES string of the molecule is CCCCCCCCCCCCCCCCCCC(C)c1c(O)ccc(C)c1C. The van der Waals surface area contributed by atoms with Gasteiger partial charge >= 0.3 is 0 Å². The minimum Gasteiger partial charge on any atom is -0.508 e. The molecule has 1 rings (SSSR count). The molecule has 1 atom stereocenters. The fourth-order valence-electron chi connectivity index (χ4n) is 4.59. The van der Waals surface area contributed by atoms with Crippen molar-refractivity contribution in [2.75, 3.05) is 0 Å². The zero-order valence-electron chi connectivity index (χ0n) is 20.2. The molecule has 0 aliphatic heterocycles. The topological polar surface area (TPSA) is 20.2 Å². The maximum absolute atomic E-state index is 10.2. The first-order chi connectivity index (χ1) is 14.1. The maximum atomic E-state index is 10.2. The van der Waals surface area contributed by atoms with E-state index in [-0.39, 0.29) is 0 Å². The summed E-state index contributed by atoms with van der Waals surface area (Å²) in [6, 6.07) is 3.89. The van der Waals surface area contributed by atoms with Crippen LogP contribution in [0, 0.1) is 13.8 Å². The summed E-state index contributed by atoms with van der Waals surface area (Å²) in [6.45, 7) is 8.85. The third-order valence-electron chi connectivity index (χ3n) is 6.75. The van der Waals surface area contributed by atoms with Gasteiger partial charge in [-0.2, -0.15) is 0 Å². The van der Waals surface area contributed by atoms with Crippen LogP contribution in [0.4, 0.5) is 0 Å². The van der Waals surface area contributed by atoms with E-state index in [1.54, 1.807) is 0 Å². The summed E-state index contributed by atoms with van der Waals surface area (Å²) in [7, 11) is 0. The second-order valence-corrected chi connectivity index (χ2v) is 9.43. The maximum Gasteiger partial charge on any atom is 0.119 e. The molecule has 1 unspecified atom stereocenters. The van der Waals surface area contributed by atoms with Crippen molar-refractivity contribution >= 4 is 0 Å². The first-order valence-corrected chi connectivity index (χ1v) is 12.9. The second kappa shape index (κ2) is 16.8. The summed E-state index contributed by atoms with van der Waals surface area (Å²) >= 11 is 0. The minimum atomic E-state index is 0.460. The number of hydrogen-bond donors (Lipinski definition) is 1. The molecule has 0 spiro atoms. The van der Waals surface area contributed by atoms with Crippen molar-refractivity contribution in [3.05, 3.63) is 28.8 Å². The van der Waals surface area contributed by atoms with Gasteiger partial charge in [0, 0.05) is 0 Å². The zero-order chi connectivity index (χ0) is 21.3. The predicted molar refractivity (Wildman–Crippen MR) is 130 cm³/mol. The molecule has 29 heavy (non-hydrogen) atoms. The number of aryl methyl sites for hydroxylation is 1. The van der Waals surface area contributed by atoms with Crippen LogP contribution in [0.1, 0.15) is 146 Å². The monoisotopic (exact) mass is 402 g/mol. The van der Waals surface area contributed by atoms with Gasteiger partial charge in [-0.25, -0.2) is 0 Å². The minimum absolute atomic E-state index is 0.460. The Morgan fingerprint density at radius 2 is 1.07 bits per heavy atom. The predicted octanol–water partition coefficient (Wildman–Crippen LogP) is 9.76. The molecule has 0 aromatic heterocycles. The Morgan fingerprint density at radius 1 is 0.655 bits per heavy atom. The van der Waals surface area contributed by atoms with Crippen LogP contribution in [0.2, 0.25) is 0 Å². The van der Waals surface area contributed by atoms with Crippen molar-refractivity contribution < 1.29 is 5.11 Å². The molecule has 0 bridgehead atoms. The van der Waals surface area contributed by atoms with E-state index in [0.29, 0.717) is 11.7 Å². The molecule has 0 saturated carbocycles. The van der Waals surface area contributed by atoms with Gasteiger partial charge in [0.05, 0.1) is 0 Å². The number of aromatic hydroxyl groups is 1. The van der Waals surface area contributed by atoms with Gasteiger partial charge in [0.2, 0.25) is 0 Å². The molecule has 0 radical (unpaired) electrons. The lowest BCUT2D eigenvalue weighted by Crippen LogP contribution is -1.99. The summed E-state index contributed by atoms with van der Waals surface area (Å²) in [5, 5.41) is 10.2. The summed E-state index contributed by atoms with van der Waals surface area (Å²) in [6.07, 6.45) is 23.9. The molecule has 0 fully saturated rings. The van der Waals surface area contributed by atoms with Crippen molar-refractivity contribution in [1.82, 2.24) is 0 Å².